The number of aryl methyl sites for hydroxylation is 1. The van der Waals surface area contributed by atoms with E-state index in [1.165, 1.54) is 5.56 Å². The second-order valence-electron chi connectivity index (χ2n) is 4.55. The predicted octanol–water partition coefficient (Wildman–Crippen LogP) is 3.09. The van der Waals surface area contributed by atoms with Gasteiger partial charge in [0.05, 0.1) is 18.5 Å². The Balaban J connectivity index is 1.81. The van der Waals surface area contributed by atoms with Crippen LogP contribution in [0.1, 0.15) is 16.8 Å². The largest absolute Gasteiger partial charge is 0.493 e. The molecule has 1 aliphatic heterocycles. The number of hydrogen-bond acceptors (Lipinski definition) is 4. The van der Waals surface area contributed by atoms with Crippen molar-refractivity contribution in [1.29, 1.82) is 0 Å². The zero-order chi connectivity index (χ0) is 13.2. The number of anilines is 1. The van der Waals surface area contributed by atoms with Crippen LogP contribution in [0.2, 0.25) is 0 Å². The van der Waals surface area contributed by atoms with Gasteiger partial charge in [-0.2, -0.15) is 0 Å². The highest BCUT2D eigenvalue weighted by Crippen LogP contribution is 2.33. The number of halogens is 1. The van der Waals surface area contributed by atoms with E-state index < -0.39 is 0 Å². The van der Waals surface area contributed by atoms with E-state index in [9.17, 15) is 0 Å². The lowest BCUT2D eigenvalue weighted by molar-refractivity contribution is 0.354. The Morgan fingerprint density at radius 3 is 3.11 bits per heavy atom. The molecule has 0 unspecified atom stereocenters. The fourth-order valence-electron chi connectivity index (χ4n) is 2.21. The number of hydrogen-bond donors (Lipinski definition) is 1. The maximum absolute atomic E-state index is 5.70. The molecule has 0 aliphatic carbocycles. The van der Waals surface area contributed by atoms with Gasteiger partial charge in [-0.05, 0) is 24.6 Å². The molecule has 1 aromatic carbocycles. The molecule has 19 heavy (non-hydrogen) atoms. The van der Waals surface area contributed by atoms with Crippen LogP contribution in [0.25, 0.3) is 0 Å². The smallest absolute Gasteiger partial charge is 0.145 e. The van der Waals surface area contributed by atoms with Crippen molar-refractivity contribution in [3.05, 3.63) is 45.8 Å². The number of benzene rings is 1. The molecule has 0 bridgehead atoms. The quantitative estimate of drug-likeness (QED) is 0.944. The third-order valence-electron chi connectivity index (χ3n) is 3.04. The highest BCUT2D eigenvalue weighted by Gasteiger charge is 2.17. The summed E-state index contributed by atoms with van der Waals surface area (Å²) in [7, 11) is 0. The summed E-state index contributed by atoms with van der Waals surface area (Å²) in [6.07, 6.45) is 4.45. The van der Waals surface area contributed by atoms with E-state index in [-0.39, 0.29) is 0 Å². The minimum Gasteiger partial charge on any atom is -0.493 e. The SMILES string of the molecule is Cc1cncc(NCc2cc(Br)cc3c2OCC3)n1. The molecule has 3 rings (SSSR count). The Hall–Kier alpha value is -1.62. The Bertz CT molecular complexity index is 616. The number of fused-ring (bicyclic) bond motifs is 1. The zero-order valence-corrected chi connectivity index (χ0v) is 12.2. The summed E-state index contributed by atoms with van der Waals surface area (Å²) in [5.74, 6) is 1.79. The molecule has 98 valence electrons. The van der Waals surface area contributed by atoms with E-state index in [2.05, 4.69) is 43.3 Å². The van der Waals surface area contributed by atoms with E-state index in [1.54, 1.807) is 12.4 Å². The standard InChI is InChI=1S/C14H14BrN3O/c1-9-6-16-8-13(18-9)17-7-11-5-12(15)4-10-2-3-19-14(10)11/h4-6,8H,2-3,7H2,1H3,(H,17,18). The number of rotatable bonds is 3. The molecule has 0 saturated heterocycles. The van der Waals surface area contributed by atoms with Crippen LogP contribution in [-0.2, 0) is 13.0 Å². The summed E-state index contributed by atoms with van der Waals surface area (Å²) >= 11 is 3.54. The topological polar surface area (TPSA) is 47.0 Å². The summed E-state index contributed by atoms with van der Waals surface area (Å²) in [6, 6.07) is 4.21. The van der Waals surface area contributed by atoms with E-state index in [4.69, 9.17) is 4.74 Å². The first kappa shape index (κ1) is 12.4. The minimum atomic E-state index is 0.680. The molecular weight excluding hydrogens is 306 g/mol. The fourth-order valence-corrected chi connectivity index (χ4v) is 2.76. The Kier molecular flexibility index (Phi) is 3.38. The first-order valence-corrected chi connectivity index (χ1v) is 6.98. The highest BCUT2D eigenvalue weighted by atomic mass is 79.9. The van der Waals surface area contributed by atoms with E-state index in [1.807, 2.05) is 6.92 Å². The molecule has 0 radical (unpaired) electrons. The second-order valence-corrected chi connectivity index (χ2v) is 5.47. The van der Waals surface area contributed by atoms with Gasteiger partial charge in [0.15, 0.2) is 0 Å². The van der Waals surface area contributed by atoms with Crippen LogP contribution >= 0.6 is 15.9 Å². The van der Waals surface area contributed by atoms with Crippen LogP contribution < -0.4 is 10.1 Å². The molecule has 0 saturated carbocycles. The molecular formula is C14H14BrN3O. The molecule has 5 heteroatoms. The van der Waals surface area contributed by atoms with Crippen molar-refractivity contribution in [2.75, 3.05) is 11.9 Å². The number of ether oxygens (including phenoxy) is 1. The van der Waals surface area contributed by atoms with E-state index in [0.29, 0.717) is 6.54 Å². The average molecular weight is 320 g/mol. The average Bonchev–Trinajstić information content (AvgIpc) is 2.84. The van der Waals surface area contributed by atoms with Gasteiger partial charge < -0.3 is 10.1 Å². The maximum Gasteiger partial charge on any atom is 0.145 e. The van der Waals surface area contributed by atoms with Gasteiger partial charge in [-0.25, -0.2) is 4.98 Å². The van der Waals surface area contributed by atoms with Crippen LogP contribution in [0, 0.1) is 6.92 Å². The molecule has 0 spiro atoms. The Labute approximate surface area is 120 Å². The van der Waals surface area contributed by atoms with Crippen LogP contribution in [0.4, 0.5) is 5.82 Å². The monoisotopic (exact) mass is 319 g/mol. The van der Waals surface area contributed by atoms with Gasteiger partial charge in [-0.3, -0.25) is 4.98 Å². The molecule has 0 fully saturated rings. The van der Waals surface area contributed by atoms with Gasteiger partial charge in [-0.1, -0.05) is 15.9 Å². The summed E-state index contributed by atoms with van der Waals surface area (Å²) in [5, 5.41) is 3.28. The molecule has 4 nitrogen and oxygen atoms in total. The molecule has 2 aromatic rings. The normalized spacial score (nSPS) is 12.9. The lowest BCUT2D eigenvalue weighted by Crippen LogP contribution is -2.04. The van der Waals surface area contributed by atoms with Crippen LogP contribution in [0.15, 0.2) is 29.0 Å². The van der Waals surface area contributed by atoms with Crippen molar-refractivity contribution in [1.82, 2.24) is 9.97 Å². The number of nitrogens with zero attached hydrogens (tertiary/aromatic N) is 2. The summed E-state index contributed by atoms with van der Waals surface area (Å²) in [4.78, 5) is 8.50. The molecule has 1 aliphatic rings. The molecule has 0 atom stereocenters. The van der Waals surface area contributed by atoms with Gasteiger partial charge in [0.2, 0.25) is 0 Å². The third kappa shape index (κ3) is 2.71. The van der Waals surface area contributed by atoms with Gasteiger partial charge in [0, 0.05) is 29.2 Å². The van der Waals surface area contributed by atoms with Gasteiger partial charge in [0.1, 0.15) is 11.6 Å². The van der Waals surface area contributed by atoms with Crippen molar-refractivity contribution in [2.45, 2.75) is 19.9 Å². The first-order chi connectivity index (χ1) is 9.22. The fraction of sp³-hybridized carbons (Fsp3) is 0.286. The number of aromatic nitrogens is 2. The molecule has 2 heterocycles. The molecule has 1 aromatic heterocycles. The highest BCUT2D eigenvalue weighted by molar-refractivity contribution is 9.10. The maximum atomic E-state index is 5.70. The first-order valence-electron chi connectivity index (χ1n) is 6.19. The third-order valence-corrected chi connectivity index (χ3v) is 3.50. The summed E-state index contributed by atoms with van der Waals surface area (Å²) < 4.78 is 6.79. The number of nitrogens with one attached hydrogen (secondary N) is 1. The van der Waals surface area contributed by atoms with Crippen molar-refractivity contribution in [2.24, 2.45) is 0 Å². The van der Waals surface area contributed by atoms with Crippen molar-refractivity contribution in [3.63, 3.8) is 0 Å². The summed E-state index contributed by atoms with van der Waals surface area (Å²) in [6.45, 7) is 3.38. The second kappa shape index (κ2) is 5.17. The van der Waals surface area contributed by atoms with E-state index in [0.717, 1.165) is 40.3 Å². The Morgan fingerprint density at radius 2 is 2.26 bits per heavy atom. The lowest BCUT2D eigenvalue weighted by Gasteiger charge is -2.10. The molecule has 0 amide bonds. The van der Waals surface area contributed by atoms with E-state index >= 15 is 0 Å². The zero-order valence-electron chi connectivity index (χ0n) is 10.6. The van der Waals surface area contributed by atoms with Crippen LogP contribution in [0.5, 0.6) is 5.75 Å². The Morgan fingerprint density at radius 1 is 1.37 bits per heavy atom. The van der Waals surface area contributed by atoms with Crippen molar-refractivity contribution >= 4 is 21.7 Å². The molecule has 1 N–H and O–H groups in total. The van der Waals surface area contributed by atoms with Gasteiger partial charge in [0.25, 0.3) is 0 Å². The summed E-state index contributed by atoms with van der Waals surface area (Å²) in [5.41, 5.74) is 3.31. The van der Waals surface area contributed by atoms with Crippen LogP contribution in [0.3, 0.4) is 0 Å². The van der Waals surface area contributed by atoms with Crippen LogP contribution in [-0.4, -0.2) is 16.6 Å². The minimum absolute atomic E-state index is 0.680. The van der Waals surface area contributed by atoms with Gasteiger partial charge >= 0.3 is 0 Å². The van der Waals surface area contributed by atoms with Crippen molar-refractivity contribution in [3.8, 4) is 5.75 Å². The lowest BCUT2D eigenvalue weighted by atomic mass is 10.1. The van der Waals surface area contributed by atoms with Crippen molar-refractivity contribution < 1.29 is 4.74 Å². The van der Waals surface area contributed by atoms with Gasteiger partial charge in [-0.15, -0.1) is 0 Å². The predicted molar refractivity (Wildman–Crippen MR) is 77.4 cm³/mol.